The maximum atomic E-state index is 12.3. The summed E-state index contributed by atoms with van der Waals surface area (Å²) in [6, 6.07) is 9.36. The zero-order chi connectivity index (χ0) is 14.5. The van der Waals surface area contributed by atoms with Crippen molar-refractivity contribution in [3.63, 3.8) is 0 Å². The molecule has 0 radical (unpaired) electrons. The van der Waals surface area contributed by atoms with Gasteiger partial charge in [0.15, 0.2) is 6.10 Å². The van der Waals surface area contributed by atoms with Gasteiger partial charge in [0.2, 0.25) is 0 Å². The van der Waals surface area contributed by atoms with Crippen molar-refractivity contribution < 1.29 is 9.53 Å². The number of benzene rings is 1. The van der Waals surface area contributed by atoms with Crippen molar-refractivity contribution in [2.24, 2.45) is 11.1 Å². The van der Waals surface area contributed by atoms with Gasteiger partial charge in [-0.05, 0) is 11.0 Å². The van der Waals surface area contributed by atoms with Crippen LogP contribution in [0.5, 0.6) is 0 Å². The Morgan fingerprint density at radius 1 is 1.32 bits per heavy atom. The quantitative estimate of drug-likeness (QED) is 0.853. The van der Waals surface area contributed by atoms with Crippen LogP contribution in [0.4, 0.5) is 0 Å². The number of hydrogen-bond acceptors (Lipinski definition) is 3. The normalized spacial score (nSPS) is 14.8. The largest absolute Gasteiger partial charge is 0.367 e. The smallest absolute Gasteiger partial charge is 0.254 e. The highest BCUT2D eigenvalue weighted by Crippen LogP contribution is 2.21. The number of carbonyl (C=O) groups excluding carboxylic acids is 1. The van der Waals surface area contributed by atoms with E-state index in [0.29, 0.717) is 6.54 Å². The summed E-state index contributed by atoms with van der Waals surface area (Å²) >= 11 is 0. The highest BCUT2D eigenvalue weighted by molar-refractivity contribution is 5.82. The van der Waals surface area contributed by atoms with Crippen LogP contribution >= 0.6 is 0 Å². The topological polar surface area (TPSA) is 64.3 Å². The van der Waals surface area contributed by atoms with Gasteiger partial charge in [-0.25, -0.2) is 0 Å². The first-order valence-corrected chi connectivity index (χ1v) is 6.48. The number of nitrogens with two attached hydrogens (primary N) is 1. The average Bonchev–Trinajstić information content (AvgIpc) is 2.36. The molecule has 19 heavy (non-hydrogen) atoms. The van der Waals surface area contributed by atoms with E-state index < -0.39 is 6.10 Å². The lowest BCUT2D eigenvalue weighted by Crippen LogP contribution is -2.49. The fourth-order valence-electron chi connectivity index (χ4n) is 1.90. The molecule has 0 bridgehead atoms. The molecule has 0 spiro atoms. The number of nitrogens with one attached hydrogen (secondary N) is 1. The maximum absolute atomic E-state index is 12.3. The number of methoxy groups -OCH3 is 1. The van der Waals surface area contributed by atoms with Crippen molar-refractivity contribution in [2.45, 2.75) is 32.9 Å². The monoisotopic (exact) mass is 264 g/mol. The van der Waals surface area contributed by atoms with Gasteiger partial charge < -0.3 is 15.8 Å². The molecule has 3 N–H and O–H groups in total. The summed E-state index contributed by atoms with van der Waals surface area (Å²) in [7, 11) is 1.53. The lowest BCUT2D eigenvalue weighted by atomic mass is 9.86. The van der Waals surface area contributed by atoms with Crippen LogP contribution in [0.1, 0.15) is 32.4 Å². The van der Waals surface area contributed by atoms with E-state index in [1.165, 1.54) is 7.11 Å². The first-order chi connectivity index (χ1) is 8.90. The second-order valence-electron chi connectivity index (χ2n) is 5.69. The molecule has 0 saturated carbocycles. The van der Waals surface area contributed by atoms with Crippen LogP contribution in [0.25, 0.3) is 0 Å². The zero-order valence-electron chi connectivity index (χ0n) is 12.1. The molecule has 0 aromatic heterocycles. The fraction of sp³-hybridized carbons (Fsp3) is 0.533. The van der Waals surface area contributed by atoms with Crippen LogP contribution in [-0.4, -0.2) is 25.6 Å². The SMILES string of the molecule is COC(C(=O)NC(CN)C(C)(C)C)c1ccccc1. The standard InChI is InChI=1S/C15H24N2O2/c1-15(2,3)12(10-16)17-14(18)13(19-4)11-8-6-5-7-9-11/h5-9,12-13H,10,16H2,1-4H3,(H,17,18). The Morgan fingerprint density at radius 2 is 1.89 bits per heavy atom. The summed E-state index contributed by atoms with van der Waals surface area (Å²) in [5.74, 6) is -0.154. The molecule has 0 aliphatic rings. The van der Waals surface area contributed by atoms with E-state index in [4.69, 9.17) is 10.5 Å². The van der Waals surface area contributed by atoms with Crippen LogP contribution in [0.15, 0.2) is 30.3 Å². The minimum atomic E-state index is -0.599. The lowest BCUT2D eigenvalue weighted by molar-refractivity contribution is -0.132. The number of ether oxygens (including phenoxy) is 1. The Morgan fingerprint density at radius 3 is 2.32 bits per heavy atom. The molecule has 1 amide bonds. The second kappa shape index (κ2) is 6.68. The Hall–Kier alpha value is -1.39. The van der Waals surface area contributed by atoms with Crippen molar-refractivity contribution in [3.8, 4) is 0 Å². The molecule has 0 heterocycles. The van der Waals surface area contributed by atoms with Crippen LogP contribution in [-0.2, 0) is 9.53 Å². The van der Waals surface area contributed by atoms with Crippen LogP contribution in [0, 0.1) is 5.41 Å². The van der Waals surface area contributed by atoms with Crippen molar-refractivity contribution >= 4 is 5.91 Å². The minimum absolute atomic E-state index is 0.0821. The fourth-order valence-corrected chi connectivity index (χ4v) is 1.90. The summed E-state index contributed by atoms with van der Waals surface area (Å²) in [5.41, 5.74) is 6.49. The van der Waals surface area contributed by atoms with Gasteiger partial charge in [-0.3, -0.25) is 4.79 Å². The van der Waals surface area contributed by atoms with Crippen molar-refractivity contribution in [1.29, 1.82) is 0 Å². The van der Waals surface area contributed by atoms with Crippen molar-refractivity contribution in [3.05, 3.63) is 35.9 Å². The third kappa shape index (κ3) is 4.33. The third-order valence-electron chi connectivity index (χ3n) is 3.17. The Labute approximate surface area is 115 Å². The molecule has 4 nitrogen and oxygen atoms in total. The Kier molecular flexibility index (Phi) is 5.51. The van der Waals surface area contributed by atoms with Crippen molar-refractivity contribution in [2.75, 3.05) is 13.7 Å². The predicted octanol–water partition coefficient (Wildman–Crippen LogP) is 1.86. The Bertz CT molecular complexity index is 398. The van der Waals surface area contributed by atoms with Gasteiger partial charge in [0, 0.05) is 19.7 Å². The zero-order valence-corrected chi connectivity index (χ0v) is 12.1. The van der Waals surface area contributed by atoms with Gasteiger partial charge in [0.25, 0.3) is 5.91 Å². The highest BCUT2D eigenvalue weighted by Gasteiger charge is 2.28. The molecule has 2 unspecified atom stereocenters. The summed E-state index contributed by atoms with van der Waals surface area (Å²) < 4.78 is 5.30. The molecule has 4 heteroatoms. The van der Waals surface area contributed by atoms with E-state index in [1.54, 1.807) is 0 Å². The number of carbonyl (C=O) groups is 1. The number of hydrogen-bond donors (Lipinski definition) is 2. The highest BCUT2D eigenvalue weighted by atomic mass is 16.5. The molecule has 106 valence electrons. The Balaban J connectivity index is 2.80. The van der Waals surface area contributed by atoms with Crippen LogP contribution in [0.3, 0.4) is 0 Å². The lowest BCUT2D eigenvalue weighted by Gasteiger charge is -2.31. The summed E-state index contributed by atoms with van der Waals surface area (Å²) in [4.78, 5) is 12.3. The molecule has 1 aromatic rings. The number of amides is 1. The van der Waals surface area contributed by atoms with Crippen molar-refractivity contribution in [1.82, 2.24) is 5.32 Å². The summed E-state index contributed by atoms with van der Waals surface area (Å²) in [6.45, 7) is 6.56. The maximum Gasteiger partial charge on any atom is 0.254 e. The predicted molar refractivity (Wildman–Crippen MR) is 76.6 cm³/mol. The van der Waals surface area contributed by atoms with E-state index in [2.05, 4.69) is 26.1 Å². The molecule has 0 aliphatic carbocycles. The molecule has 0 aliphatic heterocycles. The first kappa shape index (κ1) is 15.7. The minimum Gasteiger partial charge on any atom is -0.367 e. The van der Waals surface area contributed by atoms with Crippen LogP contribution in [0.2, 0.25) is 0 Å². The van der Waals surface area contributed by atoms with Gasteiger partial charge in [-0.15, -0.1) is 0 Å². The first-order valence-electron chi connectivity index (χ1n) is 6.48. The van der Waals surface area contributed by atoms with E-state index in [-0.39, 0.29) is 17.4 Å². The molecule has 0 saturated heterocycles. The van der Waals surface area contributed by atoms with E-state index in [1.807, 2.05) is 30.3 Å². The van der Waals surface area contributed by atoms with E-state index >= 15 is 0 Å². The third-order valence-corrected chi connectivity index (χ3v) is 3.17. The molecule has 2 atom stereocenters. The van der Waals surface area contributed by atoms with Gasteiger partial charge in [0.1, 0.15) is 0 Å². The van der Waals surface area contributed by atoms with Gasteiger partial charge in [-0.2, -0.15) is 0 Å². The molecule has 0 fully saturated rings. The molecule has 1 rings (SSSR count). The summed E-state index contributed by atoms with van der Waals surface area (Å²) in [6.07, 6.45) is -0.599. The van der Waals surface area contributed by atoms with Gasteiger partial charge in [0.05, 0.1) is 0 Å². The van der Waals surface area contributed by atoms with Crippen LogP contribution < -0.4 is 11.1 Å². The van der Waals surface area contributed by atoms with E-state index in [9.17, 15) is 4.79 Å². The molecule has 1 aromatic carbocycles. The summed E-state index contributed by atoms with van der Waals surface area (Å²) in [5, 5.41) is 2.97. The number of rotatable bonds is 5. The second-order valence-corrected chi connectivity index (χ2v) is 5.69. The molecular formula is C15H24N2O2. The van der Waals surface area contributed by atoms with Gasteiger partial charge >= 0.3 is 0 Å². The van der Waals surface area contributed by atoms with Gasteiger partial charge in [-0.1, -0.05) is 51.1 Å². The average molecular weight is 264 g/mol. The molecular weight excluding hydrogens is 240 g/mol. The van der Waals surface area contributed by atoms with E-state index in [0.717, 1.165) is 5.56 Å².